The third-order valence-corrected chi connectivity index (χ3v) is 6.13. The van der Waals surface area contributed by atoms with Crippen molar-refractivity contribution in [2.45, 2.75) is 4.90 Å². The summed E-state index contributed by atoms with van der Waals surface area (Å²) in [6.45, 7) is 0. The van der Waals surface area contributed by atoms with E-state index in [4.69, 9.17) is 11.6 Å². The van der Waals surface area contributed by atoms with Gasteiger partial charge in [-0.2, -0.15) is 10.2 Å². The van der Waals surface area contributed by atoms with E-state index in [2.05, 4.69) is 35.0 Å². The molecule has 0 aliphatic rings. The molecule has 0 atom stereocenters. The second-order valence-electron chi connectivity index (χ2n) is 6.60. The maximum atomic E-state index is 14.0. The number of aromatic amines is 1. The van der Waals surface area contributed by atoms with Crippen LogP contribution in [-0.4, -0.2) is 43.3 Å². The van der Waals surface area contributed by atoms with Gasteiger partial charge in [0.1, 0.15) is 23.4 Å². The van der Waals surface area contributed by atoms with Crippen molar-refractivity contribution in [3.63, 3.8) is 0 Å². The van der Waals surface area contributed by atoms with Crippen LogP contribution < -0.4 is 4.72 Å². The first-order chi connectivity index (χ1) is 15.4. The maximum Gasteiger partial charge on any atom is 0.264 e. The summed E-state index contributed by atoms with van der Waals surface area (Å²) in [6.07, 6.45) is 4.48. The Morgan fingerprint density at radius 1 is 1.09 bits per heavy atom. The van der Waals surface area contributed by atoms with Crippen molar-refractivity contribution in [3.8, 4) is 17.2 Å². The summed E-state index contributed by atoms with van der Waals surface area (Å²) >= 11 is 5.81. The van der Waals surface area contributed by atoms with Crippen molar-refractivity contribution in [2.75, 3.05) is 4.72 Å². The molecule has 0 fully saturated rings. The van der Waals surface area contributed by atoms with Crippen LogP contribution in [-0.2, 0) is 10.0 Å². The van der Waals surface area contributed by atoms with Crippen LogP contribution in [0.25, 0.3) is 28.2 Å². The number of hydrogen-bond donors (Lipinski definition) is 2. The van der Waals surface area contributed by atoms with Crippen LogP contribution in [0.1, 0.15) is 0 Å². The van der Waals surface area contributed by atoms with E-state index in [9.17, 15) is 12.8 Å². The van der Waals surface area contributed by atoms with Gasteiger partial charge in [-0.15, -0.1) is 0 Å². The highest BCUT2D eigenvalue weighted by Gasteiger charge is 2.20. The van der Waals surface area contributed by atoms with E-state index in [1.54, 1.807) is 18.3 Å². The molecule has 0 aliphatic carbocycles. The number of fused-ring (bicyclic) bond motifs is 1. The largest absolute Gasteiger partial charge is 0.280 e. The molecule has 0 aliphatic heterocycles. The van der Waals surface area contributed by atoms with E-state index in [1.807, 2.05) is 0 Å². The molecule has 0 saturated heterocycles. The van der Waals surface area contributed by atoms with E-state index < -0.39 is 20.7 Å². The fourth-order valence-electron chi connectivity index (χ4n) is 3.02. The van der Waals surface area contributed by atoms with Crippen molar-refractivity contribution in [1.29, 1.82) is 0 Å². The first-order valence-electron chi connectivity index (χ1n) is 9.05. The van der Waals surface area contributed by atoms with Gasteiger partial charge in [-0.05, 0) is 42.5 Å². The lowest BCUT2D eigenvalue weighted by molar-refractivity contribution is 0.570. The summed E-state index contributed by atoms with van der Waals surface area (Å²) in [5.41, 5.74) is 1.34. The molecule has 3 aromatic heterocycles. The number of nitrogens with one attached hydrogen (secondary N) is 2. The van der Waals surface area contributed by atoms with Crippen LogP contribution in [0.2, 0.25) is 5.02 Å². The molecule has 160 valence electrons. The molecule has 13 heteroatoms. The van der Waals surface area contributed by atoms with Crippen LogP contribution in [0.15, 0.2) is 66.2 Å². The Labute approximate surface area is 185 Å². The number of anilines is 1. The molecule has 0 spiro atoms. The highest BCUT2D eigenvalue weighted by molar-refractivity contribution is 7.92. The Morgan fingerprint density at radius 3 is 2.66 bits per heavy atom. The van der Waals surface area contributed by atoms with Crippen LogP contribution in [0.5, 0.6) is 0 Å². The van der Waals surface area contributed by atoms with Crippen LogP contribution in [0, 0.1) is 5.82 Å². The van der Waals surface area contributed by atoms with Crippen molar-refractivity contribution in [2.24, 2.45) is 0 Å². The molecule has 5 aromatic rings. The van der Waals surface area contributed by atoms with E-state index >= 15 is 0 Å². The van der Waals surface area contributed by atoms with Crippen molar-refractivity contribution < 1.29 is 12.8 Å². The van der Waals surface area contributed by atoms with E-state index in [1.165, 1.54) is 35.5 Å². The second-order valence-corrected chi connectivity index (χ2v) is 8.69. The first-order valence-corrected chi connectivity index (χ1v) is 10.9. The topological polar surface area (TPSA) is 131 Å². The van der Waals surface area contributed by atoms with Crippen LogP contribution in [0.4, 0.5) is 10.1 Å². The Morgan fingerprint density at radius 2 is 1.91 bits per heavy atom. The lowest BCUT2D eigenvalue weighted by atomic mass is 10.2. The maximum absolute atomic E-state index is 14.0. The molecule has 3 heterocycles. The van der Waals surface area contributed by atoms with Gasteiger partial charge in [0.05, 0.1) is 11.6 Å². The standard InChI is InChI=1S/C19H12ClFN8O2S/c20-12-3-6-15(21)16(7-12)32(30,31)28-13-4-1-11(2-5-13)17-25-18-14(8-23-27-18)19(26-17)29-10-22-9-24-29/h1-10,28H,(H,23,25,26,27). The number of nitrogens with zero attached hydrogens (tertiary/aromatic N) is 6. The average Bonchev–Trinajstić information content (AvgIpc) is 3.47. The third-order valence-electron chi connectivity index (χ3n) is 4.50. The minimum Gasteiger partial charge on any atom is -0.280 e. The molecule has 5 rings (SSSR count). The average molecular weight is 471 g/mol. The lowest BCUT2D eigenvalue weighted by Gasteiger charge is -2.10. The number of sulfonamides is 1. The van der Waals surface area contributed by atoms with E-state index in [0.29, 0.717) is 28.2 Å². The molecular weight excluding hydrogens is 459 g/mol. The number of hydrogen-bond acceptors (Lipinski definition) is 7. The number of benzene rings is 2. The zero-order valence-electron chi connectivity index (χ0n) is 15.9. The molecule has 0 bridgehead atoms. The van der Waals surface area contributed by atoms with Crippen LogP contribution in [0.3, 0.4) is 0 Å². The van der Waals surface area contributed by atoms with Gasteiger partial charge in [-0.1, -0.05) is 11.6 Å². The quantitative estimate of drug-likeness (QED) is 0.403. The van der Waals surface area contributed by atoms with Gasteiger partial charge in [0.25, 0.3) is 10.0 Å². The van der Waals surface area contributed by atoms with Crippen molar-refractivity contribution in [3.05, 3.63) is 72.2 Å². The minimum absolute atomic E-state index is 0.108. The van der Waals surface area contributed by atoms with Gasteiger partial charge in [0.15, 0.2) is 17.3 Å². The summed E-state index contributed by atoms with van der Waals surface area (Å²) in [4.78, 5) is 12.4. The molecule has 0 saturated carbocycles. The minimum atomic E-state index is -4.17. The van der Waals surface area contributed by atoms with Crippen molar-refractivity contribution >= 4 is 38.3 Å². The number of rotatable bonds is 5. The van der Waals surface area contributed by atoms with Crippen LogP contribution >= 0.6 is 11.6 Å². The van der Waals surface area contributed by atoms with Crippen molar-refractivity contribution in [1.82, 2.24) is 34.9 Å². The number of H-pyrrole nitrogens is 1. The second kappa shape index (κ2) is 7.66. The summed E-state index contributed by atoms with van der Waals surface area (Å²) in [5, 5.41) is 11.7. The van der Waals surface area contributed by atoms with Gasteiger partial charge in [-0.25, -0.2) is 32.4 Å². The monoisotopic (exact) mass is 470 g/mol. The smallest absolute Gasteiger partial charge is 0.264 e. The molecular formula is C19H12ClFN8O2S. The number of halogens is 2. The Balaban J connectivity index is 1.48. The van der Waals surface area contributed by atoms with Gasteiger partial charge >= 0.3 is 0 Å². The predicted octanol–water partition coefficient (Wildman–Crippen LogP) is 3.19. The Bertz CT molecular complexity index is 1540. The Kier molecular flexibility index (Phi) is 4.79. The summed E-state index contributed by atoms with van der Waals surface area (Å²) < 4.78 is 42.9. The molecule has 32 heavy (non-hydrogen) atoms. The third kappa shape index (κ3) is 3.65. The first kappa shape index (κ1) is 20.0. The highest BCUT2D eigenvalue weighted by Crippen LogP contribution is 2.26. The molecule has 0 radical (unpaired) electrons. The van der Waals surface area contributed by atoms with Gasteiger partial charge < -0.3 is 0 Å². The molecule has 0 unspecified atom stereocenters. The van der Waals surface area contributed by atoms with E-state index in [-0.39, 0.29) is 10.7 Å². The summed E-state index contributed by atoms with van der Waals surface area (Å²) in [5.74, 6) is -0.0552. The number of aromatic nitrogens is 7. The van der Waals surface area contributed by atoms with Gasteiger partial charge in [0, 0.05) is 16.3 Å². The van der Waals surface area contributed by atoms with Gasteiger partial charge in [0.2, 0.25) is 0 Å². The molecule has 2 N–H and O–H groups in total. The normalized spacial score (nSPS) is 11.7. The molecule has 0 amide bonds. The van der Waals surface area contributed by atoms with Gasteiger partial charge in [-0.3, -0.25) is 9.82 Å². The molecule has 10 nitrogen and oxygen atoms in total. The fourth-order valence-corrected chi connectivity index (χ4v) is 4.42. The Hall–Kier alpha value is -3.90. The zero-order chi connectivity index (χ0) is 22.3. The SMILES string of the molecule is O=S(=O)(Nc1ccc(-c2nc(-n3cncn3)c3cn[nH]c3n2)cc1)c1cc(Cl)ccc1F. The lowest BCUT2D eigenvalue weighted by Crippen LogP contribution is -2.14. The van der Waals surface area contributed by atoms with E-state index in [0.717, 1.165) is 12.1 Å². The molecule has 2 aromatic carbocycles. The predicted molar refractivity (Wildman–Crippen MR) is 114 cm³/mol. The summed E-state index contributed by atoms with van der Waals surface area (Å²) in [6, 6.07) is 9.62. The fraction of sp³-hybridized carbons (Fsp3) is 0. The highest BCUT2D eigenvalue weighted by atomic mass is 35.5. The summed E-state index contributed by atoms with van der Waals surface area (Å²) in [7, 11) is -4.17. The zero-order valence-corrected chi connectivity index (χ0v) is 17.5.